The number of benzene rings is 1. The van der Waals surface area contributed by atoms with Crippen LogP contribution in [0.15, 0.2) is 18.2 Å². The van der Waals surface area contributed by atoms with Gasteiger partial charge in [0.2, 0.25) is 11.8 Å². The Morgan fingerprint density at radius 2 is 1.92 bits per heavy atom. The lowest BCUT2D eigenvalue weighted by Gasteiger charge is -2.30. The molecule has 0 aromatic heterocycles. The SMILES string of the molecule is CCCNC(=O)C1CCN(CC(=O)Nc2cccc(C)c2C)CC1. The summed E-state index contributed by atoms with van der Waals surface area (Å²) in [7, 11) is 0. The molecule has 0 radical (unpaired) electrons. The molecule has 5 heteroatoms. The molecule has 0 aliphatic carbocycles. The van der Waals surface area contributed by atoms with Crippen molar-refractivity contribution < 1.29 is 9.59 Å². The summed E-state index contributed by atoms with van der Waals surface area (Å²) < 4.78 is 0. The molecule has 24 heavy (non-hydrogen) atoms. The third-order valence-electron chi connectivity index (χ3n) is 4.75. The third-order valence-corrected chi connectivity index (χ3v) is 4.75. The van der Waals surface area contributed by atoms with Gasteiger partial charge in [-0.1, -0.05) is 19.1 Å². The van der Waals surface area contributed by atoms with Gasteiger partial charge in [-0.3, -0.25) is 14.5 Å². The Balaban J connectivity index is 1.78. The second-order valence-electron chi connectivity index (χ2n) is 6.64. The first-order chi connectivity index (χ1) is 11.5. The van der Waals surface area contributed by atoms with E-state index < -0.39 is 0 Å². The molecule has 1 aromatic rings. The second kappa shape index (κ2) is 8.83. The quantitative estimate of drug-likeness (QED) is 0.842. The van der Waals surface area contributed by atoms with Gasteiger partial charge in [-0.05, 0) is 63.4 Å². The van der Waals surface area contributed by atoms with E-state index in [0.29, 0.717) is 6.54 Å². The standard InChI is InChI=1S/C19H29N3O2/c1-4-10-20-19(24)16-8-11-22(12-9-16)13-18(23)21-17-7-5-6-14(2)15(17)3/h5-7,16H,4,8-13H2,1-3H3,(H,20,24)(H,21,23). The minimum Gasteiger partial charge on any atom is -0.356 e. The predicted molar refractivity (Wildman–Crippen MR) is 97.0 cm³/mol. The van der Waals surface area contributed by atoms with E-state index in [9.17, 15) is 9.59 Å². The number of carbonyl (C=O) groups is 2. The van der Waals surface area contributed by atoms with E-state index in [-0.39, 0.29) is 17.7 Å². The smallest absolute Gasteiger partial charge is 0.238 e. The van der Waals surface area contributed by atoms with Crippen molar-refractivity contribution in [3.05, 3.63) is 29.3 Å². The largest absolute Gasteiger partial charge is 0.356 e. The van der Waals surface area contributed by atoms with Crippen molar-refractivity contribution in [3.63, 3.8) is 0 Å². The zero-order chi connectivity index (χ0) is 17.5. The molecular formula is C19H29N3O2. The Labute approximate surface area is 144 Å². The molecule has 1 aromatic carbocycles. The second-order valence-corrected chi connectivity index (χ2v) is 6.64. The van der Waals surface area contributed by atoms with Crippen molar-refractivity contribution in [2.75, 3.05) is 31.5 Å². The van der Waals surface area contributed by atoms with Crippen LogP contribution in [0.4, 0.5) is 5.69 Å². The Morgan fingerprint density at radius 3 is 2.58 bits per heavy atom. The molecule has 0 unspecified atom stereocenters. The first-order valence-electron chi connectivity index (χ1n) is 8.87. The molecule has 1 heterocycles. The van der Waals surface area contributed by atoms with E-state index in [2.05, 4.69) is 22.5 Å². The maximum atomic E-state index is 12.3. The van der Waals surface area contributed by atoms with Crippen molar-refractivity contribution in [1.82, 2.24) is 10.2 Å². The highest BCUT2D eigenvalue weighted by Crippen LogP contribution is 2.19. The zero-order valence-electron chi connectivity index (χ0n) is 15.0. The molecule has 2 N–H and O–H groups in total. The van der Waals surface area contributed by atoms with Gasteiger partial charge in [-0.15, -0.1) is 0 Å². The van der Waals surface area contributed by atoms with Gasteiger partial charge in [0.15, 0.2) is 0 Å². The summed E-state index contributed by atoms with van der Waals surface area (Å²) in [5.74, 6) is 0.267. The van der Waals surface area contributed by atoms with Gasteiger partial charge in [-0.2, -0.15) is 0 Å². The lowest BCUT2D eigenvalue weighted by atomic mass is 9.96. The summed E-state index contributed by atoms with van der Waals surface area (Å²) >= 11 is 0. The number of hydrogen-bond acceptors (Lipinski definition) is 3. The summed E-state index contributed by atoms with van der Waals surface area (Å²) in [6, 6.07) is 5.93. The topological polar surface area (TPSA) is 61.4 Å². The van der Waals surface area contributed by atoms with Crippen LogP contribution in [0, 0.1) is 19.8 Å². The number of rotatable bonds is 6. The number of carbonyl (C=O) groups excluding carboxylic acids is 2. The van der Waals surface area contributed by atoms with Crippen molar-refractivity contribution in [1.29, 1.82) is 0 Å². The summed E-state index contributed by atoms with van der Waals surface area (Å²) in [6.07, 6.45) is 2.61. The number of nitrogens with one attached hydrogen (secondary N) is 2. The van der Waals surface area contributed by atoms with E-state index in [1.54, 1.807) is 0 Å². The Hall–Kier alpha value is -1.88. The van der Waals surface area contributed by atoms with Crippen LogP contribution in [-0.4, -0.2) is 42.9 Å². The first kappa shape index (κ1) is 18.5. The van der Waals surface area contributed by atoms with Crippen LogP contribution in [0.25, 0.3) is 0 Å². The molecule has 0 atom stereocenters. The number of likely N-dealkylation sites (tertiary alicyclic amines) is 1. The molecule has 0 bridgehead atoms. The van der Waals surface area contributed by atoms with Gasteiger partial charge in [0.1, 0.15) is 0 Å². The highest BCUT2D eigenvalue weighted by atomic mass is 16.2. The van der Waals surface area contributed by atoms with Crippen LogP contribution < -0.4 is 10.6 Å². The fourth-order valence-corrected chi connectivity index (χ4v) is 3.03. The van der Waals surface area contributed by atoms with Gasteiger partial charge < -0.3 is 10.6 Å². The van der Waals surface area contributed by atoms with E-state index >= 15 is 0 Å². The van der Waals surface area contributed by atoms with Crippen LogP contribution in [-0.2, 0) is 9.59 Å². The molecule has 5 nitrogen and oxygen atoms in total. The average molecular weight is 331 g/mol. The van der Waals surface area contributed by atoms with Gasteiger partial charge in [0.25, 0.3) is 0 Å². The van der Waals surface area contributed by atoms with E-state index in [0.717, 1.165) is 50.1 Å². The van der Waals surface area contributed by atoms with Crippen LogP contribution >= 0.6 is 0 Å². The van der Waals surface area contributed by atoms with Gasteiger partial charge in [0, 0.05) is 18.2 Å². The number of amides is 2. The normalized spacial score (nSPS) is 16.0. The molecule has 0 spiro atoms. The average Bonchev–Trinajstić information content (AvgIpc) is 2.57. The zero-order valence-corrected chi connectivity index (χ0v) is 15.0. The summed E-state index contributed by atoms with van der Waals surface area (Å²) in [5.41, 5.74) is 3.16. The van der Waals surface area contributed by atoms with Crippen molar-refractivity contribution >= 4 is 17.5 Å². The molecular weight excluding hydrogens is 302 g/mol. The Morgan fingerprint density at radius 1 is 1.21 bits per heavy atom. The summed E-state index contributed by atoms with van der Waals surface area (Å²) in [6.45, 7) is 8.84. The van der Waals surface area contributed by atoms with Crippen LogP contribution in [0.1, 0.15) is 37.3 Å². The van der Waals surface area contributed by atoms with Crippen LogP contribution in [0.2, 0.25) is 0 Å². The van der Waals surface area contributed by atoms with Gasteiger partial charge in [0.05, 0.1) is 6.54 Å². The maximum Gasteiger partial charge on any atom is 0.238 e. The highest BCUT2D eigenvalue weighted by molar-refractivity contribution is 5.93. The molecule has 1 fully saturated rings. The number of hydrogen-bond donors (Lipinski definition) is 2. The van der Waals surface area contributed by atoms with E-state index in [1.165, 1.54) is 5.56 Å². The fraction of sp³-hybridized carbons (Fsp3) is 0.579. The Kier molecular flexibility index (Phi) is 6.79. The summed E-state index contributed by atoms with van der Waals surface area (Å²) in [4.78, 5) is 26.4. The Bertz CT molecular complexity index is 578. The molecule has 1 aliphatic rings. The van der Waals surface area contributed by atoms with Gasteiger partial charge >= 0.3 is 0 Å². The van der Waals surface area contributed by atoms with Crippen molar-refractivity contribution in [2.24, 2.45) is 5.92 Å². The maximum absolute atomic E-state index is 12.3. The minimum absolute atomic E-state index is 0.0117. The molecule has 0 saturated carbocycles. The first-order valence-corrected chi connectivity index (χ1v) is 8.87. The third kappa shape index (κ3) is 5.06. The van der Waals surface area contributed by atoms with Crippen molar-refractivity contribution in [3.8, 4) is 0 Å². The van der Waals surface area contributed by atoms with Gasteiger partial charge in [-0.25, -0.2) is 0 Å². The van der Waals surface area contributed by atoms with E-state index in [1.807, 2.05) is 32.0 Å². The number of anilines is 1. The summed E-state index contributed by atoms with van der Waals surface area (Å²) in [5, 5.41) is 5.97. The minimum atomic E-state index is 0.0117. The molecule has 132 valence electrons. The predicted octanol–water partition coefficient (Wildman–Crippen LogP) is 2.48. The van der Waals surface area contributed by atoms with Crippen molar-refractivity contribution in [2.45, 2.75) is 40.0 Å². The molecule has 2 amide bonds. The highest BCUT2D eigenvalue weighted by Gasteiger charge is 2.25. The van der Waals surface area contributed by atoms with Crippen LogP contribution in [0.5, 0.6) is 0 Å². The van der Waals surface area contributed by atoms with Crippen LogP contribution in [0.3, 0.4) is 0 Å². The molecule has 1 saturated heterocycles. The number of nitrogens with zero attached hydrogens (tertiary/aromatic N) is 1. The molecule has 2 rings (SSSR count). The lowest BCUT2D eigenvalue weighted by Crippen LogP contribution is -2.43. The van der Waals surface area contributed by atoms with E-state index in [4.69, 9.17) is 0 Å². The molecule has 1 aliphatic heterocycles. The number of aryl methyl sites for hydroxylation is 1. The lowest BCUT2D eigenvalue weighted by molar-refractivity contribution is -0.126. The monoisotopic (exact) mass is 331 g/mol. The fourth-order valence-electron chi connectivity index (χ4n) is 3.03. The number of piperidine rings is 1.